The summed E-state index contributed by atoms with van der Waals surface area (Å²) in [6.07, 6.45) is 2.66. The zero-order valence-electron chi connectivity index (χ0n) is 8.19. The Kier molecular flexibility index (Phi) is 1.38. The molecule has 2 bridgehead atoms. The minimum atomic E-state index is 0.0978. The topological polar surface area (TPSA) is 26.3 Å². The third-order valence-electron chi connectivity index (χ3n) is 4.32. The summed E-state index contributed by atoms with van der Waals surface area (Å²) in [5.41, 5.74) is 0. The molecule has 2 heteroatoms. The van der Waals surface area contributed by atoms with E-state index in [4.69, 9.17) is 4.74 Å². The summed E-state index contributed by atoms with van der Waals surface area (Å²) in [6.45, 7) is 4.51. The minimum Gasteiger partial charge on any atom is -0.462 e. The van der Waals surface area contributed by atoms with Gasteiger partial charge in [-0.3, -0.25) is 4.79 Å². The Balaban J connectivity index is 1.94. The number of carbonyl (C=O) groups is 1. The number of hydrogen-bond acceptors (Lipinski definition) is 2. The molecule has 1 aliphatic heterocycles. The van der Waals surface area contributed by atoms with Crippen LogP contribution in [-0.4, -0.2) is 12.1 Å². The highest BCUT2D eigenvalue weighted by Crippen LogP contribution is 2.59. The molecule has 3 fully saturated rings. The van der Waals surface area contributed by atoms with Gasteiger partial charge in [0, 0.05) is 11.8 Å². The van der Waals surface area contributed by atoms with E-state index in [9.17, 15) is 4.79 Å². The van der Waals surface area contributed by atoms with Gasteiger partial charge in [-0.25, -0.2) is 0 Å². The predicted molar refractivity (Wildman–Crippen MR) is 47.9 cm³/mol. The van der Waals surface area contributed by atoms with Crippen molar-refractivity contribution in [3.05, 3.63) is 0 Å². The Morgan fingerprint density at radius 3 is 2.85 bits per heavy atom. The van der Waals surface area contributed by atoms with Crippen LogP contribution in [0.15, 0.2) is 0 Å². The normalized spacial score (nSPS) is 51.9. The SMILES string of the molecule is CC(C)C1C2CC3C(=O)OC1C3C2. The van der Waals surface area contributed by atoms with Crippen LogP contribution in [0.3, 0.4) is 0 Å². The first-order chi connectivity index (χ1) is 6.18. The van der Waals surface area contributed by atoms with Gasteiger partial charge in [0.25, 0.3) is 0 Å². The maximum Gasteiger partial charge on any atom is 0.309 e. The lowest BCUT2D eigenvalue weighted by Gasteiger charge is -2.28. The van der Waals surface area contributed by atoms with Crippen molar-refractivity contribution in [1.29, 1.82) is 0 Å². The monoisotopic (exact) mass is 180 g/mol. The molecule has 0 aromatic carbocycles. The molecule has 0 aromatic rings. The van der Waals surface area contributed by atoms with Crippen LogP contribution in [0.4, 0.5) is 0 Å². The number of fused-ring (bicyclic) bond motifs is 1. The first-order valence-electron chi connectivity index (χ1n) is 5.39. The fraction of sp³-hybridized carbons (Fsp3) is 0.909. The number of hydrogen-bond donors (Lipinski definition) is 0. The van der Waals surface area contributed by atoms with Crippen LogP contribution in [0.5, 0.6) is 0 Å². The molecule has 1 saturated heterocycles. The number of ether oxygens (including phenoxy) is 1. The summed E-state index contributed by atoms with van der Waals surface area (Å²) < 4.78 is 5.47. The van der Waals surface area contributed by atoms with Crippen LogP contribution in [0.25, 0.3) is 0 Å². The highest BCUT2D eigenvalue weighted by molar-refractivity contribution is 5.76. The lowest BCUT2D eigenvalue weighted by atomic mass is 9.77. The van der Waals surface area contributed by atoms with E-state index in [1.54, 1.807) is 0 Å². The molecule has 2 nitrogen and oxygen atoms in total. The fourth-order valence-electron chi connectivity index (χ4n) is 3.92. The average Bonchev–Trinajstić information content (AvgIpc) is 2.61. The molecule has 13 heavy (non-hydrogen) atoms. The highest BCUT2D eigenvalue weighted by Gasteiger charge is 2.61. The summed E-state index contributed by atoms with van der Waals surface area (Å²) in [5, 5.41) is 0. The van der Waals surface area contributed by atoms with E-state index >= 15 is 0 Å². The van der Waals surface area contributed by atoms with E-state index in [0.29, 0.717) is 17.8 Å². The largest absolute Gasteiger partial charge is 0.462 e. The molecule has 72 valence electrons. The Labute approximate surface area is 78.6 Å². The first kappa shape index (κ1) is 7.84. The quantitative estimate of drug-likeness (QED) is 0.575. The second-order valence-electron chi connectivity index (χ2n) is 5.22. The van der Waals surface area contributed by atoms with Crippen LogP contribution >= 0.6 is 0 Å². The van der Waals surface area contributed by atoms with E-state index in [2.05, 4.69) is 13.8 Å². The summed E-state index contributed by atoms with van der Waals surface area (Å²) in [6, 6.07) is 0. The smallest absolute Gasteiger partial charge is 0.309 e. The van der Waals surface area contributed by atoms with E-state index in [1.807, 2.05) is 0 Å². The predicted octanol–water partition coefficient (Wildman–Crippen LogP) is 1.84. The number of rotatable bonds is 1. The first-order valence-corrected chi connectivity index (χ1v) is 5.39. The van der Waals surface area contributed by atoms with Crippen molar-refractivity contribution in [1.82, 2.24) is 0 Å². The van der Waals surface area contributed by atoms with Crippen molar-refractivity contribution >= 4 is 5.97 Å². The van der Waals surface area contributed by atoms with Gasteiger partial charge >= 0.3 is 5.97 Å². The standard InChI is InChI=1S/C11H16O2/c1-5(2)9-6-3-7-8(4-6)11(12)13-10(7)9/h5-10H,3-4H2,1-2H3. The van der Waals surface area contributed by atoms with Crippen molar-refractivity contribution in [3.8, 4) is 0 Å². The van der Waals surface area contributed by atoms with Crippen molar-refractivity contribution in [3.63, 3.8) is 0 Å². The van der Waals surface area contributed by atoms with Gasteiger partial charge in [0.1, 0.15) is 6.10 Å². The van der Waals surface area contributed by atoms with Gasteiger partial charge in [-0.1, -0.05) is 13.8 Å². The second kappa shape index (κ2) is 2.28. The summed E-state index contributed by atoms with van der Waals surface area (Å²) in [4.78, 5) is 11.4. The molecule has 2 saturated carbocycles. The van der Waals surface area contributed by atoms with Crippen LogP contribution in [-0.2, 0) is 9.53 Å². The highest BCUT2D eigenvalue weighted by atomic mass is 16.6. The number of carbonyl (C=O) groups excluding carboxylic acids is 1. The Morgan fingerprint density at radius 2 is 2.15 bits per heavy atom. The summed E-state index contributed by atoms with van der Waals surface area (Å²) in [7, 11) is 0. The van der Waals surface area contributed by atoms with Crippen molar-refractivity contribution in [2.75, 3.05) is 0 Å². The maximum absolute atomic E-state index is 11.4. The molecule has 1 heterocycles. The molecular weight excluding hydrogens is 164 g/mol. The molecule has 0 radical (unpaired) electrons. The average molecular weight is 180 g/mol. The van der Waals surface area contributed by atoms with Gasteiger partial charge in [-0.05, 0) is 24.7 Å². The van der Waals surface area contributed by atoms with Crippen molar-refractivity contribution in [2.45, 2.75) is 32.8 Å². The van der Waals surface area contributed by atoms with E-state index < -0.39 is 0 Å². The van der Waals surface area contributed by atoms with Gasteiger partial charge < -0.3 is 4.74 Å². The van der Waals surface area contributed by atoms with Crippen LogP contribution in [0.2, 0.25) is 0 Å². The van der Waals surface area contributed by atoms with Gasteiger partial charge in [-0.2, -0.15) is 0 Å². The van der Waals surface area contributed by atoms with Crippen molar-refractivity contribution in [2.24, 2.45) is 29.6 Å². The lowest BCUT2D eigenvalue weighted by Crippen LogP contribution is -2.30. The zero-order chi connectivity index (χ0) is 9.16. The van der Waals surface area contributed by atoms with Gasteiger partial charge in [0.05, 0.1) is 5.92 Å². The maximum atomic E-state index is 11.4. The fourth-order valence-corrected chi connectivity index (χ4v) is 3.92. The minimum absolute atomic E-state index is 0.0978. The molecule has 0 amide bonds. The zero-order valence-corrected chi connectivity index (χ0v) is 8.19. The second-order valence-corrected chi connectivity index (χ2v) is 5.22. The number of esters is 1. The van der Waals surface area contributed by atoms with E-state index in [-0.39, 0.29) is 18.0 Å². The van der Waals surface area contributed by atoms with Gasteiger partial charge in [0.15, 0.2) is 0 Å². The third-order valence-corrected chi connectivity index (χ3v) is 4.32. The Hall–Kier alpha value is -0.530. The third kappa shape index (κ3) is 0.818. The van der Waals surface area contributed by atoms with Crippen molar-refractivity contribution < 1.29 is 9.53 Å². The Morgan fingerprint density at radius 1 is 1.38 bits per heavy atom. The van der Waals surface area contributed by atoms with Gasteiger partial charge in [0.2, 0.25) is 0 Å². The lowest BCUT2D eigenvalue weighted by molar-refractivity contribution is -0.144. The molecule has 0 N–H and O–H groups in total. The molecule has 3 rings (SSSR count). The molecule has 2 aliphatic carbocycles. The Bertz CT molecular complexity index is 259. The van der Waals surface area contributed by atoms with Crippen LogP contribution < -0.4 is 0 Å². The van der Waals surface area contributed by atoms with Crippen LogP contribution in [0.1, 0.15) is 26.7 Å². The molecule has 0 aromatic heterocycles. The summed E-state index contributed by atoms with van der Waals surface area (Å²) in [5.74, 6) is 3.08. The van der Waals surface area contributed by atoms with E-state index in [0.717, 1.165) is 12.3 Å². The summed E-state index contributed by atoms with van der Waals surface area (Å²) >= 11 is 0. The molecule has 0 spiro atoms. The van der Waals surface area contributed by atoms with Crippen LogP contribution in [0, 0.1) is 29.6 Å². The molecule has 5 atom stereocenters. The molecule has 3 aliphatic rings. The van der Waals surface area contributed by atoms with E-state index in [1.165, 1.54) is 6.42 Å². The molecular formula is C11H16O2. The van der Waals surface area contributed by atoms with Gasteiger partial charge in [-0.15, -0.1) is 0 Å². The molecule has 5 unspecified atom stereocenters.